The molecule has 78 valence electrons. The van der Waals surface area contributed by atoms with Crippen LogP contribution in [0.25, 0.3) is 0 Å². The van der Waals surface area contributed by atoms with E-state index in [0.717, 1.165) is 6.54 Å². The molecule has 0 amide bonds. The van der Waals surface area contributed by atoms with Crippen molar-refractivity contribution in [2.24, 2.45) is 11.7 Å². The second-order valence-corrected chi connectivity index (χ2v) is 4.62. The van der Waals surface area contributed by atoms with E-state index in [9.17, 15) is 0 Å². The van der Waals surface area contributed by atoms with E-state index < -0.39 is 0 Å². The highest BCUT2D eigenvalue weighted by Gasteiger charge is 2.19. The van der Waals surface area contributed by atoms with Gasteiger partial charge >= 0.3 is 0 Å². The van der Waals surface area contributed by atoms with Crippen LogP contribution in [0.15, 0.2) is 0 Å². The normalized spacial score (nSPS) is 30.5. The lowest BCUT2D eigenvalue weighted by Crippen LogP contribution is -2.38. The van der Waals surface area contributed by atoms with Crippen LogP contribution in [0.2, 0.25) is 0 Å². The third-order valence-corrected chi connectivity index (χ3v) is 3.01. The zero-order valence-corrected chi connectivity index (χ0v) is 9.05. The van der Waals surface area contributed by atoms with Gasteiger partial charge in [0.05, 0.1) is 0 Å². The Morgan fingerprint density at radius 3 is 2.62 bits per heavy atom. The van der Waals surface area contributed by atoms with Gasteiger partial charge in [-0.3, -0.25) is 0 Å². The monoisotopic (exact) mass is 184 g/mol. The molecule has 13 heavy (non-hydrogen) atoms. The zero-order valence-electron chi connectivity index (χ0n) is 9.05. The maximum atomic E-state index is 6.13. The minimum Gasteiger partial charge on any atom is -0.327 e. The molecule has 2 unspecified atom stereocenters. The molecule has 2 atom stereocenters. The van der Waals surface area contributed by atoms with Gasteiger partial charge in [0.15, 0.2) is 0 Å². The fraction of sp³-hybridized carbons (Fsp3) is 1.00. The van der Waals surface area contributed by atoms with E-state index in [0.29, 0.717) is 18.0 Å². The first-order valence-corrected chi connectivity index (χ1v) is 5.69. The number of hydrogen-bond donors (Lipinski definition) is 2. The van der Waals surface area contributed by atoms with E-state index in [1.807, 2.05) is 0 Å². The Hall–Kier alpha value is -0.0800. The molecule has 1 fully saturated rings. The maximum absolute atomic E-state index is 6.13. The van der Waals surface area contributed by atoms with Gasteiger partial charge in [-0.1, -0.05) is 33.1 Å². The fourth-order valence-electron chi connectivity index (χ4n) is 2.05. The van der Waals surface area contributed by atoms with Crippen molar-refractivity contribution in [1.29, 1.82) is 0 Å². The van der Waals surface area contributed by atoms with Crippen LogP contribution in [0.4, 0.5) is 0 Å². The Balaban J connectivity index is 2.27. The Labute approximate surface area is 82.3 Å². The van der Waals surface area contributed by atoms with Crippen molar-refractivity contribution in [2.75, 3.05) is 6.54 Å². The summed E-state index contributed by atoms with van der Waals surface area (Å²) in [7, 11) is 0. The molecule has 1 saturated carbocycles. The maximum Gasteiger partial charge on any atom is 0.00792 e. The first kappa shape index (κ1) is 11.0. The minimum atomic E-state index is 0.439. The molecule has 0 aliphatic heterocycles. The SMILES string of the molecule is CC(C)NCC1CCCCCC1N. The van der Waals surface area contributed by atoms with Crippen LogP contribution in [-0.2, 0) is 0 Å². The van der Waals surface area contributed by atoms with E-state index in [4.69, 9.17) is 5.73 Å². The van der Waals surface area contributed by atoms with Gasteiger partial charge in [0, 0.05) is 12.1 Å². The minimum absolute atomic E-state index is 0.439. The highest BCUT2D eigenvalue weighted by Crippen LogP contribution is 2.21. The highest BCUT2D eigenvalue weighted by atomic mass is 14.9. The number of nitrogens with two attached hydrogens (primary N) is 1. The molecule has 3 N–H and O–H groups in total. The van der Waals surface area contributed by atoms with Crippen molar-refractivity contribution in [2.45, 2.75) is 58.0 Å². The van der Waals surface area contributed by atoms with Crippen molar-refractivity contribution in [3.8, 4) is 0 Å². The van der Waals surface area contributed by atoms with Crippen LogP contribution < -0.4 is 11.1 Å². The lowest BCUT2D eigenvalue weighted by atomic mass is 9.95. The van der Waals surface area contributed by atoms with Crippen molar-refractivity contribution in [3.63, 3.8) is 0 Å². The molecule has 1 aliphatic carbocycles. The Kier molecular flexibility index (Phi) is 4.74. The summed E-state index contributed by atoms with van der Waals surface area (Å²) in [6.07, 6.45) is 6.63. The summed E-state index contributed by atoms with van der Waals surface area (Å²) in [6.45, 7) is 5.50. The van der Waals surface area contributed by atoms with E-state index in [1.165, 1.54) is 32.1 Å². The van der Waals surface area contributed by atoms with Gasteiger partial charge in [-0.05, 0) is 25.3 Å². The van der Waals surface area contributed by atoms with Gasteiger partial charge < -0.3 is 11.1 Å². The van der Waals surface area contributed by atoms with Crippen molar-refractivity contribution in [3.05, 3.63) is 0 Å². The molecule has 2 heteroatoms. The third kappa shape index (κ3) is 4.10. The Morgan fingerprint density at radius 1 is 1.23 bits per heavy atom. The van der Waals surface area contributed by atoms with Gasteiger partial charge in [0.2, 0.25) is 0 Å². The molecule has 0 spiro atoms. The Bertz CT molecular complexity index is 134. The quantitative estimate of drug-likeness (QED) is 0.657. The largest absolute Gasteiger partial charge is 0.327 e. The van der Waals surface area contributed by atoms with Gasteiger partial charge in [-0.25, -0.2) is 0 Å². The van der Waals surface area contributed by atoms with Crippen molar-refractivity contribution in [1.82, 2.24) is 5.32 Å². The molecule has 1 aliphatic rings. The average Bonchev–Trinajstić information content (AvgIpc) is 2.27. The van der Waals surface area contributed by atoms with Gasteiger partial charge in [-0.2, -0.15) is 0 Å². The van der Waals surface area contributed by atoms with Crippen LogP contribution in [-0.4, -0.2) is 18.6 Å². The molecule has 0 bridgehead atoms. The first-order chi connectivity index (χ1) is 6.20. The molecule has 0 radical (unpaired) electrons. The molecule has 0 saturated heterocycles. The van der Waals surface area contributed by atoms with Crippen LogP contribution in [0.5, 0.6) is 0 Å². The van der Waals surface area contributed by atoms with E-state index in [-0.39, 0.29) is 0 Å². The zero-order chi connectivity index (χ0) is 9.68. The highest BCUT2D eigenvalue weighted by molar-refractivity contribution is 4.78. The van der Waals surface area contributed by atoms with Crippen LogP contribution in [0.3, 0.4) is 0 Å². The molecule has 0 heterocycles. The lowest BCUT2D eigenvalue weighted by molar-refractivity contribution is 0.363. The molecule has 1 rings (SSSR count). The second-order valence-electron chi connectivity index (χ2n) is 4.62. The second kappa shape index (κ2) is 5.61. The predicted molar refractivity (Wildman–Crippen MR) is 57.7 cm³/mol. The van der Waals surface area contributed by atoms with E-state index in [1.54, 1.807) is 0 Å². The summed E-state index contributed by atoms with van der Waals surface area (Å²) in [4.78, 5) is 0. The van der Waals surface area contributed by atoms with Crippen LogP contribution in [0.1, 0.15) is 46.0 Å². The van der Waals surface area contributed by atoms with E-state index in [2.05, 4.69) is 19.2 Å². The van der Waals surface area contributed by atoms with E-state index >= 15 is 0 Å². The number of hydrogen-bond acceptors (Lipinski definition) is 2. The summed E-state index contributed by atoms with van der Waals surface area (Å²) < 4.78 is 0. The Morgan fingerprint density at radius 2 is 1.92 bits per heavy atom. The molecular weight excluding hydrogens is 160 g/mol. The van der Waals surface area contributed by atoms with Gasteiger partial charge in [0.1, 0.15) is 0 Å². The first-order valence-electron chi connectivity index (χ1n) is 5.69. The predicted octanol–water partition coefficient (Wildman–Crippen LogP) is 1.89. The smallest absolute Gasteiger partial charge is 0.00792 e. The van der Waals surface area contributed by atoms with Gasteiger partial charge in [0.25, 0.3) is 0 Å². The third-order valence-electron chi connectivity index (χ3n) is 3.01. The van der Waals surface area contributed by atoms with Crippen LogP contribution >= 0.6 is 0 Å². The summed E-state index contributed by atoms with van der Waals surface area (Å²) in [6, 6.07) is 1.03. The average molecular weight is 184 g/mol. The fourth-order valence-corrected chi connectivity index (χ4v) is 2.05. The number of rotatable bonds is 3. The van der Waals surface area contributed by atoms with Gasteiger partial charge in [-0.15, -0.1) is 0 Å². The van der Waals surface area contributed by atoms with Crippen molar-refractivity contribution < 1.29 is 0 Å². The summed E-state index contributed by atoms with van der Waals surface area (Å²) in [5.74, 6) is 0.713. The summed E-state index contributed by atoms with van der Waals surface area (Å²) in [5, 5.41) is 3.49. The summed E-state index contributed by atoms with van der Waals surface area (Å²) >= 11 is 0. The number of nitrogens with one attached hydrogen (secondary N) is 1. The topological polar surface area (TPSA) is 38.0 Å². The standard InChI is InChI=1S/C11H24N2/c1-9(2)13-8-10-6-4-3-5-7-11(10)12/h9-11,13H,3-8,12H2,1-2H3. The summed E-state index contributed by atoms with van der Waals surface area (Å²) in [5.41, 5.74) is 6.13. The molecular formula is C11H24N2. The molecule has 0 aromatic carbocycles. The van der Waals surface area contributed by atoms with Crippen LogP contribution in [0, 0.1) is 5.92 Å². The lowest BCUT2D eigenvalue weighted by Gasteiger charge is -2.22. The molecule has 2 nitrogen and oxygen atoms in total. The van der Waals surface area contributed by atoms with Crippen molar-refractivity contribution >= 4 is 0 Å². The molecule has 0 aromatic rings. The molecule has 0 aromatic heterocycles.